The van der Waals surface area contributed by atoms with Gasteiger partial charge in [0.2, 0.25) is 0 Å². The molecule has 1 fully saturated rings. The van der Waals surface area contributed by atoms with E-state index in [-0.39, 0.29) is 0 Å². The minimum Gasteiger partial charge on any atom is -0.371 e. The smallest absolute Gasteiger partial charge is 0.0910 e. The molecule has 1 N–H and O–H groups in total. The Morgan fingerprint density at radius 3 is 3.15 bits per heavy atom. The predicted molar refractivity (Wildman–Crippen MR) is 52.8 cm³/mol. The van der Waals surface area contributed by atoms with Gasteiger partial charge in [-0.1, -0.05) is 6.08 Å². The lowest BCUT2D eigenvalue weighted by atomic mass is 10.0. The largest absolute Gasteiger partial charge is 0.371 e. The molecular weight excluding hydrogens is 164 g/mol. The average molecular weight is 182 g/mol. The van der Waals surface area contributed by atoms with Crippen LogP contribution in [0.3, 0.4) is 0 Å². The highest BCUT2D eigenvalue weighted by molar-refractivity contribution is 5.13. The van der Waals surface area contributed by atoms with Crippen molar-refractivity contribution in [1.82, 2.24) is 10.2 Å². The van der Waals surface area contributed by atoms with Crippen LogP contribution in [0.5, 0.6) is 0 Å². The van der Waals surface area contributed by atoms with Crippen LogP contribution in [-0.2, 0) is 4.74 Å². The summed E-state index contributed by atoms with van der Waals surface area (Å²) >= 11 is 0. The van der Waals surface area contributed by atoms with E-state index in [1.54, 1.807) is 0 Å². The van der Waals surface area contributed by atoms with Crippen LogP contribution in [0.25, 0.3) is 0 Å². The molecule has 0 unspecified atom stereocenters. The first-order chi connectivity index (χ1) is 6.36. The van der Waals surface area contributed by atoms with E-state index in [1.807, 2.05) is 0 Å². The third-order valence-electron chi connectivity index (χ3n) is 2.79. The van der Waals surface area contributed by atoms with Crippen LogP contribution in [0, 0.1) is 0 Å². The van der Waals surface area contributed by atoms with E-state index in [0.717, 1.165) is 26.2 Å². The molecule has 74 valence electrons. The zero-order chi connectivity index (χ0) is 9.10. The summed E-state index contributed by atoms with van der Waals surface area (Å²) in [4.78, 5) is 2.33. The lowest BCUT2D eigenvalue weighted by molar-refractivity contribution is 0.0476. The molecule has 0 aromatic carbocycles. The molecule has 0 aromatic rings. The maximum atomic E-state index is 5.70. The normalized spacial score (nSPS) is 31.5. The van der Waals surface area contributed by atoms with Gasteiger partial charge in [0.25, 0.3) is 0 Å². The fourth-order valence-corrected chi connectivity index (χ4v) is 1.88. The third kappa shape index (κ3) is 2.30. The van der Waals surface area contributed by atoms with Gasteiger partial charge < -0.3 is 15.0 Å². The molecular formula is C10H18N2O. The Balaban J connectivity index is 1.92. The summed E-state index contributed by atoms with van der Waals surface area (Å²) in [6, 6.07) is 0. The van der Waals surface area contributed by atoms with E-state index >= 15 is 0 Å². The summed E-state index contributed by atoms with van der Waals surface area (Å²) in [5.74, 6) is 0. The minimum absolute atomic E-state index is 0.349. The molecule has 0 aliphatic carbocycles. The second kappa shape index (κ2) is 4.22. The monoisotopic (exact) mass is 182 g/mol. The average Bonchev–Trinajstić information content (AvgIpc) is 2.20. The van der Waals surface area contributed by atoms with Crippen molar-refractivity contribution in [3.8, 4) is 0 Å². The van der Waals surface area contributed by atoms with Gasteiger partial charge in [-0.05, 0) is 19.0 Å². The van der Waals surface area contributed by atoms with Crippen LogP contribution in [0.2, 0.25) is 0 Å². The van der Waals surface area contributed by atoms with E-state index in [4.69, 9.17) is 4.74 Å². The summed E-state index contributed by atoms with van der Waals surface area (Å²) in [7, 11) is 2.16. The van der Waals surface area contributed by atoms with Crippen molar-refractivity contribution < 1.29 is 4.74 Å². The first-order valence-electron chi connectivity index (χ1n) is 5.06. The molecule has 1 atom stereocenters. The van der Waals surface area contributed by atoms with Crippen LogP contribution in [0.1, 0.15) is 6.42 Å². The second-order valence-electron chi connectivity index (χ2n) is 3.85. The number of morpholine rings is 1. The third-order valence-corrected chi connectivity index (χ3v) is 2.79. The molecule has 2 aliphatic heterocycles. The Hall–Kier alpha value is -0.380. The van der Waals surface area contributed by atoms with Crippen LogP contribution >= 0.6 is 0 Å². The van der Waals surface area contributed by atoms with Crippen molar-refractivity contribution in [2.75, 3.05) is 39.8 Å². The predicted octanol–water partition coefficient (Wildman–Crippen LogP) is 0.237. The first kappa shape index (κ1) is 9.19. The van der Waals surface area contributed by atoms with Crippen LogP contribution in [0.15, 0.2) is 11.6 Å². The molecule has 0 bridgehead atoms. The highest BCUT2D eigenvalue weighted by atomic mass is 16.5. The van der Waals surface area contributed by atoms with Crippen molar-refractivity contribution in [2.45, 2.75) is 12.5 Å². The molecule has 2 rings (SSSR count). The fourth-order valence-electron chi connectivity index (χ4n) is 1.88. The Morgan fingerprint density at radius 1 is 1.62 bits per heavy atom. The Kier molecular flexibility index (Phi) is 2.98. The molecule has 2 aliphatic rings. The van der Waals surface area contributed by atoms with Crippen LogP contribution in [0.4, 0.5) is 0 Å². The highest BCUT2D eigenvalue weighted by Gasteiger charge is 2.20. The Morgan fingerprint density at radius 2 is 2.54 bits per heavy atom. The number of hydrogen-bond donors (Lipinski definition) is 1. The van der Waals surface area contributed by atoms with E-state index in [9.17, 15) is 0 Å². The number of likely N-dealkylation sites (N-methyl/N-ethyl adjacent to an activating group) is 1. The minimum atomic E-state index is 0.349. The van der Waals surface area contributed by atoms with Crippen molar-refractivity contribution in [1.29, 1.82) is 0 Å². The molecule has 2 heterocycles. The molecule has 0 amide bonds. The summed E-state index contributed by atoms with van der Waals surface area (Å²) in [6.45, 7) is 5.11. The van der Waals surface area contributed by atoms with Crippen molar-refractivity contribution >= 4 is 0 Å². The molecule has 1 saturated heterocycles. The van der Waals surface area contributed by atoms with E-state index < -0.39 is 0 Å². The first-order valence-corrected chi connectivity index (χ1v) is 5.06. The molecule has 0 saturated carbocycles. The van der Waals surface area contributed by atoms with Gasteiger partial charge in [0.05, 0.1) is 12.7 Å². The zero-order valence-corrected chi connectivity index (χ0v) is 8.25. The lowest BCUT2D eigenvalue weighted by Crippen LogP contribution is -2.41. The van der Waals surface area contributed by atoms with Gasteiger partial charge in [-0.3, -0.25) is 0 Å². The maximum Gasteiger partial charge on any atom is 0.0910 e. The van der Waals surface area contributed by atoms with Crippen molar-refractivity contribution in [3.63, 3.8) is 0 Å². The standard InChI is InChI=1S/C10H18N2O/c1-12-5-2-9(3-6-12)10-8-11-4-7-13-10/h2,10-11H,3-8H2,1H3/t10-/m0/s1. The van der Waals surface area contributed by atoms with Gasteiger partial charge in [0.15, 0.2) is 0 Å². The van der Waals surface area contributed by atoms with Gasteiger partial charge in [0, 0.05) is 26.2 Å². The number of nitrogens with zero attached hydrogens (tertiary/aromatic N) is 1. The topological polar surface area (TPSA) is 24.5 Å². The maximum absolute atomic E-state index is 5.70. The van der Waals surface area contributed by atoms with Gasteiger partial charge in [-0.25, -0.2) is 0 Å². The van der Waals surface area contributed by atoms with E-state index in [0.29, 0.717) is 6.10 Å². The zero-order valence-electron chi connectivity index (χ0n) is 8.25. The SMILES string of the molecule is CN1CC=C([C@@H]2CNCCO2)CC1. The number of ether oxygens (including phenoxy) is 1. The van der Waals surface area contributed by atoms with Gasteiger partial charge >= 0.3 is 0 Å². The van der Waals surface area contributed by atoms with E-state index in [2.05, 4.69) is 23.3 Å². The van der Waals surface area contributed by atoms with Gasteiger partial charge in [-0.15, -0.1) is 0 Å². The van der Waals surface area contributed by atoms with Crippen molar-refractivity contribution in [2.24, 2.45) is 0 Å². The summed E-state index contributed by atoms with van der Waals surface area (Å²) in [6.07, 6.45) is 3.84. The molecule has 13 heavy (non-hydrogen) atoms. The molecule has 3 nitrogen and oxygen atoms in total. The summed E-state index contributed by atoms with van der Waals surface area (Å²) in [5, 5.41) is 3.36. The van der Waals surface area contributed by atoms with Gasteiger partial charge in [-0.2, -0.15) is 0 Å². The Labute approximate surface area is 79.7 Å². The molecule has 3 heteroatoms. The molecule has 0 spiro atoms. The Bertz CT molecular complexity index is 197. The number of nitrogens with one attached hydrogen (secondary N) is 1. The summed E-state index contributed by atoms with van der Waals surface area (Å²) < 4.78 is 5.70. The second-order valence-corrected chi connectivity index (χ2v) is 3.85. The van der Waals surface area contributed by atoms with Crippen LogP contribution < -0.4 is 5.32 Å². The lowest BCUT2D eigenvalue weighted by Gasteiger charge is -2.30. The fraction of sp³-hybridized carbons (Fsp3) is 0.800. The number of hydrogen-bond acceptors (Lipinski definition) is 3. The number of rotatable bonds is 1. The molecule has 0 aromatic heterocycles. The van der Waals surface area contributed by atoms with E-state index in [1.165, 1.54) is 18.5 Å². The van der Waals surface area contributed by atoms with Crippen LogP contribution in [-0.4, -0.2) is 50.8 Å². The molecule has 0 radical (unpaired) electrons. The van der Waals surface area contributed by atoms with Gasteiger partial charge in [0.1, 0.15) is 0 Å². The van der Waals surface area contributed by atoms with Crippen molar-refractivity contribution in [3.05, 3.63) is 11.6 Å². The quantitative estimate of drug-likeness (QED) is 0.588. The highest BCUT2D eigenvalue weighted by Crippen LogP contribution is 2.16. The summed E-state index contributed by atoms with van der Waals surface area (Å²) in [5.41, 5.74) is 1.49.